The normalized spacial score (nSPS) is 13.6. The Labute approximate surface area is 111 Å². The second-order valence-corrected chi connectivity index (χ2v) is 6.03. The Bertz CT molecular complexity index is 657. The molecular formula is C12H16N2O4S. The third-order valence-corrected chi connectivity index (χ3v) is 4.15. The van der Waals surface area contributed by atoms with Crippen LogP contribution in [-0.2, 0) is 10.0 Å². The molecule has 1 N–H and O–H groups in total. The fourth-order valence-corrected chi connectivity index (χ4v) is 2.74. The molecule has 0 bridgehead atoms. The number of hydrogen-bond acceptors (Lipinski definition) is 5. The third-order valence-electron chi connectivity index (χ3n) is 2.69. The van der Waals surface area contributed by atoms with Gasteiger partial charge in [0.2, 0.25) is 10.9 Å². The van der Waals surface area contributed by atoms with Crippen molar-refractivity contribution in [3.05, 3.63) is 23.9 Å². The van der Waals surface area contributed by atoms with Crippen molar-refractivity contribution in [3.63, 3.8) is 0 Å². The Balaban J connectivity index is 2.26. The molecule has 2 heterocycles. The molecule has 0 aliphatic heterocycles. The molecule has 0 amide bonds. The van der Waals surface area contributed by atoms with Gasteiger partial charge in [0, 0.05) is 12.1 Å². The van der Waals surface area contributed by atoms with Crippen LogP contribution < -0.4 is 4.72 Å². The van der Waals surface area contributed by atoms with E-state index in [1.54, 1.807) is 26.0 Å². The van der Waals surface area contributed by atoms with Crippen LogP contribution >= 0.6 is 0 Å². The van der Waals surface area contributed by atoms with E-state index in [2.05, 4.69) is 9.88 Å². The summed E-state index contributed by atoms with van der Waals surface area (Å²) in [5.41, 5.74) is 0.702. The van der Waals surface area contributed by atoms with Crippen LogP contribution in [0.25, 0.3) is 11.5 Å². The molecule has 1 atom stereocenters. The van der Waals surface area contributed by atoms with Crippen molar-refractivity contribution in [2.45, 2.75) is 38.3 Å². The van der Waals surface area contributed by atoms with Gasteiger partial charge in [0.1, 0.15) is 0 Å². The molecule has 7 heteroatoms. The maximum atomic E-state index is 12.0. The molecule has 0 fully saturated rings. The number of nitrogens with one attached hydrogen (secondary N) is 1. The van der Waals surface area contributed by atoms with Gasteiger partial charge in [-0.05, 0) is 32.4 Å². The van der Waals surface area contributed by atoms with Crippen LogP contribution in [0.4, 0.5) is 0 Å². The highest BCUT2D eigenvalue weighted by molar-refractivity contribution is 7.89. The molecule has 0 spiro atoms. The Morgan fingerprint density at radius 2 is 2.11 bits per heavy atom. The summed E-state index contributed by atoms with van der Waals surface area (Å²) in [6.45, 7) is 5.47. The van der Waals surface area contributed by atoms with Crippen LogP contribution in [0.2, 0.25) is 0 Å². The largest absolute Gasteiger partial charge is 0.440 e. The van der Waals surface area contributed by atoms with Crippen LogP contribution in [0.15, 0.2) is 32.2 Å². The van der Waals surface area contributed by atoms with E-state index in [4.69, 9.17) is 8.94 Å². The first kappa shape index (κ1) is 13.8. The quantitative estimate of drug-likeness (QED) is 0.910. The molecule has 0 saturated carbocycles. The summed E-state index contributed by atoms with van der Waals surface area (Å²) in [5.74, 6) is 0.743. The number of hydrogen-bond donors (Lipinski definition) is 1. The topological polar surface area (TPSA) is 85.3 Å². The van der Waals surface area contributed by atoms with Gasteiger partial charge in [0.15, 0.2) is 5.76 Å². The molecule has 2 rings (SSSR count). The van der Waals surface area contributed by atoms with Gasteiger partial charge < -0.3 is 8.94 Å². The van der Waals surface area contributed by atoms with Gasteiger partial charge >= 0.3 is 0 Å². The fourth-order valence-electron chi connectivity index (χ4n) is 1.48. The van der Waals surface area contributed by atoms with Gasteiger partial charge in [0.05, 0.1) is 5.69 Å². The Morgan fingerprint density at radius 3 is 2.68 bits per heavy atom. The van der Waals surface area contributed by atoms with E-state index in [1.165, 1.54) is 6.07 Å². The van der Waals surface area contributed by atoms with E-state index in [-0.39, 0.29) is 11.1 Å². The first-order valence-corrected chi connectivity index (χ1v) is 7.46. The average Bonchev–Trinajstić information content (AvgIpc) is 2.96. The Kier molecular flexibility index (Phi) is 3.77. The second kappa shape index (κ2) is 5.18. The molecule has 2 aromatic heterocycles. The third kappa shape index (κ3) is 3.05. The van der Waals surface area contributed by atoms with Crippen LogP contribution in [0, 0.1) is 6.92 Å². The predicted molar refractivity (Wildman–Crippen MR) is 69.0 cm³/mol. The van der Waals surface area contributed by atoms with Crippen LogP contribution in [-0.4, -0.2) is 19.6 Å². The first-order chi connectivity index (χ1) is 8.92. The van der Waals surface area contributed by atoms with E-state index < -0.39 is 10.0 Å². The summed E-state index contributed by atoms with van der Waals surface area (Å²) >= 11 is 0. The van der Waals surface area contributed by atoms with Crippen molar-refractivity contribution < 1.29 is 17.4 Å². The zero-order chi connectivity index (χ0) is 14.0. The lowest BCUT2D eigenvalue weighted by molar-refractivity contribution is 0.396. The number of sulfonamides is 1. The number of aryl methyl sites for hydroxylation is 1. The maximum absolute atomic E-state index is 12.0. The molecule has 104 valence electrons. The minimum atomic E-state index is -3.63. The highest BCUT2D eigenvalue weighted by Crippen LogP contribution is 2.25. The van der Waals surface area contributed by atoms with Crippen molar-refractivity contribution in [1.82, 2.24) is 9.88 Å². The van der Waals surface area contributed by atoms with E-state index in [1.807, 2.05) is 6.92 Å². The zero-order valence-electron chi connectivity index (χ0n) is 11.0. The lowest BCUT2D eigenvalue weighted by Gasteiger charge is -2.09. The monoisotopic (exact) mass is 284 g/mol. The van der Waals surface area contributed by atoms with Crippen LogP contribution in [0.5, 0.6) is 0 Å². The molecule has 2 aromatic rings. The molecule has 19 heavy (non-hydrogen) atoms. The highest BCUT2D eigenvalue weighted by atomic mass is 32.2. The van der Waals surface area contributed by atoms with E-state index in [0.29, 0.717) is 23.6 Å². The van der Waals surface area contributed by atoms with Gasteiger partial charge in [-0.2, -0.15) is 0 Å². The number of nitrogens with zero attached hydrogens (tertiary/aromatic N) is 1. The van der Waals surface area contributed by atoms with Gasteiger partial charge in [-0.15, -0.1) is 0 Å². The Morgan fingerprint density at radius 1 is 1.37 bits per heavy atom. The lowest BCUT2D eigenvalue weighted by Crippen LogP contribution is -2.31. The summed E-state index contributed by atoms with van der Waals surface area (Å²) in [4.78, 5) is 0. The summed E-state index contributed by atoms with van der Waals surface area (Å²) in [5, 5.41) is 3.60. The fraction of sp³-hybridized carbons (Fsp3) is 0.417. The average molecular weight is 284 g/mol. The van der Waals surface area contributed by atoms with Crippen molar-refractivity contribution in [3.8, 4) is 11.5 Å². The second-order valence-electron chi connectivity index (χ2n) is 4.38. The number of aromatic nitrogens is 1. The van der Waals surface area contributed by atoms with Gasteiger partial charge in [-0.1, -0.05) is 12.1 Å². The highest BCUT2D eigenvalue weighted by Gasteiger charge is 2.22. The zero-order valence-corrected chi connectivity index (χ0v) is 11.8. The minimum absolute atomic E-state index is 0.128. The summed E-state index contributed by atoms with van der Waals surface area (Å²) < 4.78 is 36.9. The summed E-state index contributed by atoms with van der Waals surface area (Å²) in [6, 6.07) is 4.48. The molecule has 0 aromatic carbocycles. The van der Waals surface area contributed by atoms with E-state index in [9.17, 15) is 8.42 Å². The molecular weight excluding hydrogens is 268 g/mol. The molecule has 0 radical (unpaired) electrons. The van der Waals surface area contributed by atoms with Crippen molar-refractivity contribution in [1.29, 1.82) is 0 Å². The summed E-state index contributed by atoms with van der Waals surface area (Å²) in [6.07, 6.45) is 0.702. The maximum Gasteiger partial charge on any atom is 0.274 e. The number of rotatable bonds is 5. The van der Waals surface area contributed by atoms with Crippen molar-refractivity contribution >= 4 is 10.0 Å². The molecule has 0 aliphatic rings. The van der Waals surface area contributed by atoms with Gasteiger partial charge in [-0.25, -0.2) is 13.1 Å². The summed E-state index contributed by atoms with van der Waals surface area (Å²) in [7, 11) is -3.63. The van der Waals surface area contributed by atoms with Gasteiger partial charge in [0.25, 0.3) is 10.0 Å². The molecule has 1 unspecified atom stereocenters. The Hall–Kier alpha value is -1.60. The molecule has 6 nitrogen and oxygen atoms in total. The smallest absolute Gasteiger partial charge is 0.274 e. The lowest BCUT2D eigenvalue weighted by atomic mass is 10.3. The van der Waals surface area contributed by atoms with E-state index >= 15 is 0 Å². The minimum Gasteiger partial charge on any atom is -0.440 e. The first-order valence-electron chi connectivity index (χ1n) is 5.98. The van der Waals surface area contributed by atoms with Crippen LogP contribution in [0.1, 0.15) is 26.0 Å². The number of furan rings is 1. The molecule has 0 aliphatic carbocycles. The SMILES string of the molecule is CCC(C)NS(=O)(=O)c1ccc(-c2cc(C)no2)o1. The standard InChI is InChI=1S/C12H16N2O4S/c1-4-8(2)14-19(15,16)12-6-5-10(17-12)11-7-9(3)13-18-11/h5-8,14H,4H2,1-3H3. The van der Waals surface area contributed by atoms with Crippen molar-refractivity contribution in [2.24, 2.45) is 0 Å². The van der Waals surface area contributed by atoms with E-state index in [0.717, 1.165) is 0 Å². The van der Waals surface area contributed by atoms with Crippen LogP contribution in [0.3, 0.4) is 0 Å². The predicted octanol–water partition coefficient (Wildman–Crippen LogP) is 2.32. The van der Waals surface area contributed by atoms with Crippen molar-refractivity contribution in [2.75, 3.05) is 0 Å². The van der Waals surface area contributed by atoms with Gasteiger partial charge in [-0.3, -0.25) is 0 Å². The molecule has 0 saturated heterocycles.